The Morgan fingerprint density at radius 1 is 1.50 bits per heavy atom. The first kappa shape index (κ1) is 6.35. The minimum absolute atomic E-state index is 0.00579. The third kappa shape index (κ3) is 0.788. The Kier molecular flexibility index (Phi) is 1.31. The van der Waals surface area contributed by atoms with Gasteiger partial charge < -0.3 is 4.74 Å². The van der Waals surface area contributed by atoms with Gasteiger partial charge in [-0.15, -0.1) is 0 Å². The van der Waals surface area contributed by atoms with Crippen molar-refractivity contribution in [1.29, 1.82) is 0 Å². The van der Waals surface area contributed by atoms with Gasteiger partial charge in [-0.2, -0.15) is 0 Å². The van der Waals surface area contributed by atoms with Gasteiger partial charge in [-0.1, -0.05) is 0 Å². The molecule has 2 aliphatic rings. The number of hydrogen-bond donors (Lipinski definition) is 0. The average Bonchev–Trinajstić information content (AvgIpc) is 2.29. The van der Waals surface area contributed by atoms with Crippen LogP contribution in [0.5, 0.6) is 0 Å². The van der Waals surface area contributed by atoms with E-state index in [0.717, 1.165) is 24.8 Å². The highest BCUT2D eigenvalue weighted by molar-refractivity contribution is 5.16. The fraction of sp³-hybridized carbons (Fsp3) is 0.750. The first-order valence-corrected chi connectivity index (χ1v) is 3.78. The largest absolute Gasteiger partial charge is 0.368 e. The summed E-state index contributed by atoms with van der Waals surface area (Å²) in [6.07, 6.45) is 2.87. The lowest BCUT2D eigenvalue weighted by Gasteiger charge is -2.19. The first-order valence-electron chi connectivity index (χ1n) is 3.78. The summed E-state index contributed by atoms with van der Waals surface area (Å²) in [5.74, 6) is -0.00579. The van der Waals surface area contributed by atoms with Gasteiger partial charge in [-0.3, -0.25) is 0 Å². The highest BCUT2D eigenvalue weighted by Crippen LogP contribution is 2.36. The normalized spacial score (nSPS) is 39.0. The molecular weight excluding hydrogens is 131 g/mol. The van der Waals surface area contributed by atoms with Crippen LogP contribution in [0.4, 0.5) is 4.39 Å². The average molecular weight is 142 g/mol. The fourth-order valence-electron chi connectivity index (χ4n) is 1.76. The quantitative estimate of drug-likeness (QED) is 0.503. The Bertz CT molecular complexity index is 186. The third-order valence-corrected chi connectivity index (χ3v) is 2.33. The summed E-state index contributed by atoms with van der Waals surface area (Å²) in [6, 6.07) is 0. The summed E-state index contributed by atoms with van der Waals surface area (Å²) in [5, 5.41) is 0. The topological polar surface area (TPSA) is 9.23 Å². The number of ether oxygens (including phenoxy) is 1. The highest BCUT2D eigenvalue weighted by Gasteiger charge is 2.34. The maximum absolute atomic E-state index is 13.0. The molecule has 0 radical (unpaired) electrons. The highest BCUT2D eigenvalue weighted by atomic mass is 19.1. The van der Waals surface area contributed by atoms with E-state index in [1.165, 1.54) is 0 Å². The molecule has 1 fully saturated rings. The molecule has 0 saturated carbocycles. The molecule has 2 heterocycles. The lowest BCUT2D eigenvalue weighted by Crippen LogP contribution is -2.18. The summed E-state index contributed by atoms with van der Waals surface area (Å²) in [4.78, 5) is 0. The molecule has 56 valence electrons. The molecule has 2 atom stereocenters. The summed E-state index contributed by atoms with van der Waals surface area (Å²) in [6.45, 7) is 1.86. The van der Waals surface area contributed by atoms with E-state index in [0.29, 0.717) is 6.10 Å². The maximum atomic E-state index is 13.0. The van der Waals surface area contributed by atoms with E-state index in [2.05, 4.69) is 0 Å². The second kappa shape index (κ2) is 2.06. The molecule has 0 aromatic heterocycles. The second-order valence-corrected chi connectivity index (χ2v) is 3.16. The van der Waals surface area contributed by atoms with E-state index >= 15 is 0 Å². The molecule has 0 spiro atoms. The summed E-state index contributed by atoms with van der Waals surface area (Å²) in [7, 11) is 0. The Hall–Kier alpha value is -0.370. The zero-order valence-corrected chi connectivity index (χ0v) is 6.06. The van der Waals surface area contributed by atoms with Crippen molar-refractivity contribution >= 4 is 0 Å². The number of hydrogen-bond acceptors (Lipinski definition) is 1. The molecule has 10 heavy (non-hydrogen) atoms. The predicted octanol–water partition coefficient (Wildman–Crippen LogP) is 2.18. The Morgan fingerprint density at radius 2 is 2.30 bits per heavy atom. The molecule has 1 saturated heterocycles. The second-order valence-electron chi connectivity index (χ2n) is 3.16. The van der Waals surface area contributed by atoms with Crippen LogP contribution < -0.4 is 0 Å². The van der Waals surface area contributed by atoms with Crippen molar-refractivity contribution in [1.82, 2.24) is 0 Å². The number of fused-ring (bicyclic) bond motifs is 2. The van der Waals surface area contributed by atoms with Crippen molar-refractivity contribution in [2.75, 3.05) is 0 Å². The number of halogens is 1. The molecule has 1 nitrogen and oxygen atoms in total. The van der Waals surface area contributed by atoms with Gasteiger partial charge in [0.15, 0.2) is 0 Å². The minimum Gasteiger partial charge on any atom is -0.368 e. The summed E-state index contributed by atoms with van der Waals surface area (Å²) >= 11 is 0. The van der Waals surface area contributed by atoms with Crippen LogP contribution >= 0.6 is 0 Å². The minimum atomic E-state index is -0.182. The van der Waals surface area contributed by atoms with E-state index in [1.54, 1.807) is 0 Å². The molecule has 2 heteroatoms. The van der Waals surface area contributed by atoms with Gasteiger partial charge in [0, 0.05) is 0 Å². The lowest BCUT2D eigenvalue weighted by atomic mass is 10.1. The Balaban J connectivity index is 2.28. The zero-order valence-electron chi connectivity index (χ0n) is 6.06. The molecule has 0 aromatic carbocycles. The van der Waals surface area contributed by atoms with Gasteiger partial charge in [-0.25, -0.2) is 4.39 Å². The zero-order chi connectivity index (χ0) is 7.14. The van der Waals surface area contributed by atoms with E-state index in [9.17, 15) is 4.39 Å². The van der Waals surface area contributed by atoms with Crippen LogP contribution in [0.3, 0.4) is 0 Å². The van der Waals surface area contributed by atoms with Gasteiger partial charge >= 0.3 is 0 Å². The standard InChI is InChI=1S/C8H11FO/c1-5-4-6-2-3-7(10-6)8(5)9/h6-7H,2-4H2,1H3/t6-,7+/m0/s1. The molecule has 2 bridgehead atoms. The molecule has 0 unspecified atom stereocenters. The van der Waals surface area contributed by atoms with Crippen molar-refractivity contribution < 1.29 is 9.13 Å². The van der Waals surface area contributed by atoms with Gasteiger partial charge in [0.05, 0.1) is 6.10 Å². The van der Waals surface area contributed by atoms with Crippen LogP contribution in [0.2, 0.25) is 0 Å². The molecule has 0 aromatic rings. The molecule has 0 amide bonds. The fourth-order valence-corrected chi connectivity index (χ4v) is 1.76. The SMILES string of the molecule is CC1=C(F)[C@H]2CC[C@@H](C1)O2. The van der Waals surface area contributed by atoms with Gasteiger partial charge in [0.1, 0.15) is 11.9 Å². The molecular formula is C8H11FO. The van der Waals surface area contributed by atoms with Gasteiger partial charge in [-0.05, 0) is 31.8 Å². The maximum Gasteiger partial charge on any atom is 0.128 e. The van der Waals surface area contributed by atoms with E-state index in [4.69, 9.17) is 4.74 Å². The van der Waals surface area contributed by atoms with Crippen molar-refractivity contribution in [2.24, 2.45) is 0 Å². The lowest BCUT2D eigenvalue weighted by molar-refractivity contribution is 0.0387. The summed E-state index contributed by atoms with van der Waals surface area (Å²) < 4.78 is 18.4. The van der Waals surface area contributed by atoms with Crippen LogP contribution in [0.25, 0.3) is 0 Å². The van der Waals surface area contributed by atoms with Crippen molar-refractivity contribution in [3.8, 4) is 0 Å². The smallest absolute Gasteiger partial charge is 0.128 e. The van der Waals surface area contributed by atoms with Crippen LogP contribution in [0.15, 0.2) is 11.4 Å². The third-order valence-electron chi connectivity index (χ3n) is 2.33. The van der Waals surface area contributed by atoms with Crippen molar-refractivity contribution in [3.63, 3.8) is 0 Å². The molecule has 0 aliphatic carbocycles. The van der Waals surface area contributed by atoms with E-state index < -0.39 is 0 Å². The van der Waals surface area contributed by atoms with Gasteiger partial charge in [0.25, 0.3) is 0 Å². The van der Waals surface area contributed by atoms with E-state index in [1.807, 2.05) is 6.92 Å². The van der Waals surface area contributed by atoms with Crippen LogP contribution in [0.1, 0.15) is 26.2 Å². The van der Waals surface area contributed by atoms with Crippen molar-refractivity contribution in [3.05, 3.63) is 11.4 Å². The van der Waals surface area contributed by atoms with Crippen LogP contribution in [-0.4, -0.2) is 12.2 Å². The van der Waals surface area contributed by atoms with Crippen LogP contribution in [0, 0.1) is 0 Å². The first-order chi connectivity index (χ1) is 4.77. The Morgan fingerprint density at radius 3 is 3.10 bits per heavy atom. The summed E-state index contributed by atoms with van der Waals surface area (Å²) in [5.41, 5.74) is 0.902. The van der Waals surface area contributed by atoms with E-state index in [-0.39, 0.29) is 11.9 Å². The Labute approximate surface area is 59.9 Å². The van der Waals surface area contributed by atoms with Gasteiger partial charge in [0.2, 0.25) is 0 Å². The molecule has 0 N–H and O–H groups in total. The number of rotatable bonds is 0. The van der Waals surface area contributed by atoms with Crippen molar-refractivity contribution in [2.45, 2.75) is 38.4 Å². The molecule has 2 rings (SSSR count). The molecule has 2 aliphatic heterocycles. The monoisotopic (exact) mass is 142 g/mol. The van der Waals surface area contributed by atoms with Crippen LogP contribution in [-0.2, 0) is 4.74 Å². The predicted molar refractivity (Wildman–Crippen MR) is 36.3 cm³/mol.